The second-order valence-electron chi connectivity index (χ2n) is 10.0. The molecule has 2 aromatic heterocycles. The fourth-order valence-corrected chi connectivity index (χ4v) is 7.66. The summed E-state index contributed by atoms with van der Waals surface area (Å²) in [6, 6.07) is 0. The molecule has 2 aliphatic heterocycles. The van der Waals surface area contributed by atoms with Gasteiger partial charge < -0.3 is 24.8 Å². The largest absolute Gasteiger partial charge is 0.475 e. The Morgan fingerprint density at radius 2 is 1.48 bits per heavy atom. The van der Waals surface area contributed by atoms with Gasteiger partial charge in [-0.2, -0.15) is 0 Å². The average Bonchev–Trinajstić information content (AvgIpc) is 3.55. The molecule has 0 bridgehead atoms. The quantitative estimate of drug-likeness (QED) is 0.0908. The van der Waals surface area contributed by atoms with Gasteiger partial charge in [-0.1, -0.05) is 21.6 Å². The van der Waals surface area contributed by atoms with Crippen LogP contribution in [0.4, 0.5) is 0 Å². The standard InChI is InChI=1S/C24H35N4O13PS2/c1-13-9-27(23(34)25-21(13)32)19-7-15(31)18(40-19)12-38-42(36,37-4-6-44-43-5-3-29)41-16-8-20(39-17(16)11-30)28-10-14(2)22(33)26-24(28)35/h9-10,15-20,29-31H,3-8,11-12H2,1-2H3,(H,25,32,34)(H,26,33,35)/t15-,16-,17-,18-,19-,20-,42?/m1/s1. The van der Waals surface area contributed by atoms with Crippen LogP contribution in [-0.2, 0) is 27.6 Å². The maximum atomic E-state index is 13.9. The molecule has 0 aromatic carbocycles. The summed E-state index contributed by atoms with van der Waals surface area (Å²) in [5.74, 6) is 0.827. The zero-order valence-corrected chi connectivity index (χ0v) is 26.4. The molecule has 0 radical (unpaired) electrons. The number of hydrogen-bond acceptors (Lipinski definition) is 15. The maximum absolute atomic E-state index is 13.9. The molecule has 17 nitrogen and oxygen atoms in total. The lowest BCUT2D eigenvalue weighted by atomic mass is 10.2. The van der Waals surface area contributed by atoms with Gasteiger partial charge in [0.1, 0.15) is 30.8 Å². The number of aryl methyl sites for hydroxylation is 2. The van der Waals surface area contributed by atoms with Crippen LogP contribution in [-0.4, -0.2) is 96.8 Å². The third-order valence-electron chi connectivity index (χ3n) is 6.81. The van der Waals surface area contributed by atoms with Crippen LogP contribution < -0.4 is 22.5 Å². The Morgan fingerprint density at radius 3 is 2.07 bits per heavy atom. The van der Waals surface area contributed by atoms with E-state index in [0.717, 1.165) is 9.13 Å². The van der Waals surface area contributed by atoms with Crippen LogP contribution in [0.1, 0.15) is 36.4 Å². The summed E-state index contributed by atoms with van der Waals surface area (Å²) >= 11 is 0. The van der Waals surface area contributed by atoms with Crippen molar-refractivity contribution >= 4 is 29.4 Å². The first-order valence-corrected chi connectivity index (χ1v) is 17.6. The van der Waals surface area contributed by atoms with E-state index in [4.69, 9.17) is 28.2 Å². The number of aliphatic hydroxyl groups is 3. The molecule has 5 N–H and O–H groups in total. The molecule has 20 heteroatoms. The van der Waals surface area contributed by atoms with Gasteiger partial charge >= 0.3 is 19.2 Å². The first-order valence-electron chi connectivity index (χ1n) is 13.6. The van der Waals surface area contributed by atoms with Crippen LogP contribution in [0.2, 0.25) is 0 Å². The minimum atomic E-state index is -4.43. The zero-order chi connectivity index (χ0) is 32.0. The number of aromatic amines is 2. The molecule has 7 atom stereocenters. The number of phosphoric acid groups is 1. The van der Waals surface area contributed by atoms with E-state index in [1.165, 1.54) is 47.8 Å². The Balaban J connectivity index is 1.47. The molecule has 0 aliphatic carbocycles. The highest BCUT2D eigenvalue weighted by atomic mass is 33.1. The van der Waals surface area contributed by atoms with Gasteiger partial charge in [0, 0.05) is 47.9 Å². The summed E-state index contributed by atoms with van der Waals surface area (Å²) < 4.78 is 44.6. The van der Waals surface area contributed by atoms with Crippen molar-refractivity contribution in [3.8, 4) is 0 Å². The van der Waals surface area contributed by atoms with Crippen molar-refractivity contribution in [2.24, 2.45) is 0 Å². The van der Waals surface area contributed by atoms with E-state index in [2.05, 4.69) is 9.97 Å². The molecule has 1 unspecified atom stereocenters. The lowest BCUT2D eigenvalue weighted by Crippen LogP contribution is -2.33. The number of aliphatic hydroxyl groups excluding tert-OH is 3. The zero-order valence-electron chi connectivity index (χ0n) is 23.9. The summed E-state index contributed by atoms with van der Waals surface area (Å²) in [6.07, 6.45) is -3.69. The normalized spacial score (nSPS) is 26.7. The maximum Gasteiger partial charge on any atom is 0.475 e. The molecule has 0 amide bonds. The van der Waals surface area contributed by atoms with Gasteiger partial charge in [0.05, 0.1) is 32.5 Å². The molecule has 0 spiro atoms. The second kappa shape index (κ2) is 15.5. The van der Waals surface area contributed by atoms with Crippen molar-refractivity contribution in [2.75, 3.05) is 37.9 Å². The number of nitrogens with zero attached hydrogens (tertiary/aromatic N) is 2. The molecule has 2 aliphatic rings. The van der Waals surface area contributed by atoms with Crippen LogP contribution in [0.5, 0.6) is 0 Å². The summed E-state index contributed by atoms with van der Waals surface area (Å²) in [6.45, 7) is 1.87. The van der Waals surface area contributed by atoms with Gasteiger partial charge in [-0.15, -0.1) is 0 Å². The fraction of sp³-hybridized carbons (Fsp3) is 0.667. The summed E-state index contributed by atoms with van der Waals surface area (Å²) in [4.78, 5) is 52.6. The minimum absolute atomic E-state index is 0.0119. The molecular formula is C24H35N4O13PS2. The van der Waals surface area contributed by atoms with Crippen LogP contribution in [0, 0.1) is 13.8 Å². The smallest absolute Gasteiger partial charge is 0.395 e. The van der Waals surface area contributed by atoms with Crippen molar-refractivity contribution < 1.29 is 42.9 Å². The van der Waals surface area contributed by atoms with Gasteiger partial charge in [-0.25, -0.2) is 14.2 Å². The molecule has 44 heavy (non-hydrogen) atoms. The number of H-pyrrole nitrogens is 2. The van der Waals surface area contributed by atoms with Gasteiger partial charge in [0.25, 0.3) is 11.1 Å². The van der Waals surface area contributed by atoms with E-state index in [1.807, 2.05) is 0 Å². The number of ether oxygens (including phenoxy) is 2. The molecule has 2 aromatic rings. The van der Waals surface area contributed by atoms with E-state index in [9.17, 15) is 34.0 Å². The molecule has 246 valence electrons. The summed E-state index contributed by atoms with van der Waals surface area (Å²) in [7, 11) is -1.69. The van der Waals surface area contributed by atoms with Crippen molar-refractivity contribution in [3.63, 3.8) is 0 Å². The lowest BCUT2D eigenvalue weighted by Gasteiger charge is -2.25. The number of phosphoric ester groups is 1. The Hall–Kier alpha value is -2.03. The first kappa shape index (κ1) is 34.8. The first-order chi connectivity index (χ1) is 20.9. The fourth-order valence-electron chi connectivity index (χ4n) is 4.55. The summed E-state index contributed by atoms with van der Waals surface area (Å²) in [5, 5.41) is 29.5. The van der Waals surface area contributed by atoms with E-state index in [-0.39, 0.29) is 37.2 Å². The Labute approximate surface area is 257 Å². The third-order valence-corrected chi connectivity index (χ3v) is 10.7. The Bertz CT molecular complexity index is 1560. The highest BCUT2D eigenvalue weighted by molar-refractivity contribution is 8.76. The van der Waals surface area contributed by atoms with Crippen LogP contribution in [0.3, 0.4) is 0 Å². The monoisotopic (exact) mass is 682 g/mol. The highest BCUT2D eigenvalue weighted by Gasteiger charge is 2.44. The molecule has 2 fully saturated rings. The van der Waals surface area contributed by atoms with E-state index >= 15 is 0 Å². The van der Waals surface area contributed by atoms with E-state index in [1.54, 1.807) is 0 Å². The van der Waals surface area contributed by atoms with Crippen LogP contribution in [0.25, 0.3) is 0 Å². The van der Waals surface area contributed by atoms with Crippen molar-refractivity contribution in [2.45, 2.75) is 63.6 Å². The number of hydrogen-bond donors (Lipinski definition) is 5. The third kappa shape index (κ3) is 8.61. The number of rotatable bonds is 15. The molecule has 4 rings (SSSR count). The van der Waals surface area contributed by atoms with Gasteiger partial charge in [-0.3, -0.25) is 42.3 Å². The molecule has 0 saturated carbocycles. The topological polar surface area (TPSA) is 234 Å². The average molecular weight is 683 g/mol. The predicted octanol–water partition coefficient (Wildman–Crippen LogP) is -0.468. The van der Waals surface area contributed by atoms with Gasteiger partial charge in [0.2, 0.25) is 0 Å². The Kier molecular flexibility index (Phi) is 12.3. The van der Waals surface area contributed by atoms with Gasteiger partial charge in [0.15, 0.2) is 0 Å². The summed E-state index contributed by atoms with van der Waals surface area (Å²) in [5.41, 5.74) is -2.06. The molecule has 2 saturated heterocycles. The van der Waals surface area contributed by atoms with Crippen LogP contribution in [0.15, 0.2) is 31.6 Å². The van der Waals surface area contributed by atoms with Crippen molar-refractivity contribution in [1.29, 1.82) is 0 Å². The van der Waals surface area contributed by atoms with Crippen molar-refractivity contribution in [3.05, 3.63) is 65.2 Å². The Morgan fingerprint density at radius 1 is 0.909 bits per heavy atom. The minimum Gasteiger partial charge on any atom is -0.395 e. The predicted molar refractivity (Wildman–Crippen MR) is 159 cm³/mol. The van der Waals surface area contributed by atoms with E-state index < -0.39 is 80.4 Å². The second-order valence-corrected chi connectivity index (χ2v) is 14.3. The lowest BCUT2D eigenvalue weighted by molar-refractivity contribution is -0.0598. The van der Waals surface area contributed by atoms with Crippen molar-refractivity contribution in [1.82, 2.24) is 19.1 Å². The van der Waals surface area contributed by atoms with Crippen LogP contribution >= 0.6 is 29.4 Å². The van der Waals surface area contributed by atoms with Gasteiger partial charge in [-0.05, 0) is 13.8 Å². The number of aromatic nitrogens is 4. The highest BCUT2D eigenvalue weighted by Crippen LogP contribution is 2.53. The SMILES string of the molecule is Cc1cn([C@H]2C[C@@H](O)[C@@H](COP(=O)(OCCSSCCO)O[C@@H]3C[C@H](n4cc(C)c(=O)[nH]c4=O)O[C@@H]3CO)O2)c(=O)[nH]c1=O. The van der Waals surface area contributed by atoms with E-state index in [0.29, 0.717) is 11.5 Å². The number of nitrogens with one attached hydrogen (secondary N) is 2. The molecular weight excluding hydrogens is 647 g/mol. The molecule has 4 heterocycles.